The Morgan fingerprint density at radius 1 is 1.12 bits per heavy atom. The number of para-hydroxylation sites is 1. The lowest BCUT2D eigenvalue weighted by molar-refractivity contribution is 0.819. The summed E-state index contributed by atoms with van der Waals surface area (Å²) in [6.45, 7) is 7.01. The van der Waals surface area contributed by atoms with Gasteiger partial charge in [-0.2, -0.15) is 0 Å². The lowest BCUT2D eigenvalue weighted by Gasteiger charge is -2.13. The predicted molar refractivity (Wildman–Crippen MR) is 72.4 cm³/mol. The van der Waals surface area contributed by atoms with E-state index in [1.54, 1.807) is 0 Å². The minimum Gasteiger partial charge on any atom is -0.253 e. The van der Waals surface area contributed by atoms with Gasteiger partial charge in [0.15, 0.2) is 0 Å². The summed E-state index contributed by atoms with van der Waals surface area (Å²) in [7, 11) is -0.174. The summed E-state index contributed by atoms with van der Waals surface area (Å²) in [5.41, 5.74) is 2.36. The first-order valence-electron chi connectivity index (χ1n) is 5.81. The SMILES string of the molecule is CC(C[Si](C)C)c1ccc2ccccc2n1. The van der Waals surface area contributed by atoms with E-state index in [4.69, 9.17) is 4.98 Å². The van der Waals surface area contributed by atoms with Crippen LogP contribution in [-0.4, -0.2) is 13.8 Å². The third-order valence-electron chi connectivity index (χ3n) is 2.84. The van der Waals surface area contributed by atoms with Crippen molar-refractivity contribution < 1.29 is 0 Å². The van der Waals surface area contributed by atoms with Crippen LogP contribution in [0.15, 0.2) is 36.4 Å². The Labute approximate surface area is 99.1 Å². The smallest absolute Gasteiger partial charge is 0.0705 e. The molecule has 0 spiro atoms. The summed E-state index contributed by atoms with van der Waals surface area (Å²) in [5, 5.41) is 1.23. The van der Waals surface area contributed by atoms with E-state index in [9.17, 15) is 0 Å². The molecule has 83 valence electrons. The van der Waals surface area contributed by atoms with Crippen molar-refractivity contribution in [2.75, 3.05) is 0 Å². The van der Waals surface area contributed by atoms with E-state index in [1.807, 2.05) is 0 Å². The zero-order valence-corrected chi connectivity index (χ0v) is 11.2. The van der Waals surface area contributed by atoms with Gasteiger partial charge in [-0.25, -0.2) is 0 Å². The van der Waals surface area contributed by atoms with Crippen LogP contribution in [-0.2, 0) is 0 Å². The number of benzene rings is 1. The van der Waals surface area contributed by atoms with Gasteiger partial charge in [0.1, 0.15) is 0 Å². The fourth-order valence-electron chi connectivity index (χ4n) is 2.07. The van der Waals surface area contributed by atoms with Gasteiger partial charge in [0, 0.05) is 19.9 Å². The number of aromatic nitrogens is 1. The molecule has 0 saturated carbocycles. The van der Waals surface area contributed by atoms with E-state index in [0.717, 1.165) is 5.52 Å². The third-order valence-corrected chi connectivity index (χ3v) is 4.27. The molecule has 1 radical (unpaired) electrons. The van der Waals surface area contributed by atoms with Crippen LogP contribution in [0.2, 0.25) is 19.1 Å². The number of pyridine rings is 1. The van der Waals surface area contributed by atoms with E-state index in [-0.39, 0.29) is 8.80 Å². The Balaban J connectivity index is 2.32. The molecule has 16 heavy (non-hydrogen) atoms. The molecule has 1 unspecified atom stereocenters. The summed E-state index contributed by atoms with van der Waals surface area (Å²) >= 11 is 0. The van der Waals surface area contributed by atoms with Gasteiger partial charge in [-0.3, -0.25) is 4.98 Å². The fraction of sp³-hybridized carbons (Fsp3) is 0.357. The molecule has 0 amide bonds. The number of nitrogens with zero attached hydrogens (tertiary/aromatic N) is 1. The fourth-order valence-corrected chi connectivity index (χ4v) is 3.51. The predicted octanol–water partition coefficient (Wildman–Crippen LogP) is 4.09. The molecule has 0 N–H and O–H groups in total. The van der Waals surface area contributed by atoms with Crippen molar-refractivity contribution in [3.8, 4) is 0 Å². The molecule has 2 aromatic rings. The Kier molecular flexibility index (Phi) is 3.39. The maximum Gasteiger partial charge on any atom is 0.0705 e. The highest BCUT2D eigenvalue weighted by atomic mass is 28.3. The van der Waals surface area contributed by atoms with E-state index in [2.05, 4.69) is 56.4 Å². The first-order valence-corrected chi connectivity index (χ1v) is 8.52. The molecule has 1 nitrogen and oxygen atoms in total. The minimum absolute atomic E-state index is 0.174. The second kappa shape index (κ2) is 4.79. The highest BCUT2D eigenvalue weighted by molar-refractivity contribution is 6.55. The van der Waals surface area contributed by atoms with Crippen LogP contribution in [0, 0.1) is 0 Å². The third kappa shape index (κ3) is 2.50. The molecule has 0 aliphatic carbocycles. The van der Waals surface area contributed by atoms with E-state index in [1.165, 1.54) is 17.1 Å². The molecule has 2 rings (SSSR count). The second-order valence-corrected chi connectivity index (χ2v) is 7.56. The zero-order chi connectivity index (χ0) is 11.5. The summed E-state index contributed by atoms with van der Waals surface area (Å²) in [6.07, 6.45) is 0. The first kappa shape index (κ1) is 11.3. The van der Waals surface area contributed by atoms with Crippen molar-refractivity contribution in [2.45, 2.75) is 32.0 Å². The summed E-state index contributed by atoms with van der Waals surface area (Å²) < 4.78 is 0. The molecule has 2 heteroatoms. The molecule has 1 heterocycles. The Morgan fingerprint density at radius 2 is 1.88 bits per heavy atom. The molecule has 0 fully saturated rings. The largest absolute Gasteiger partial charge is 0.253 e. The summed E-state index contributed by atoms with van der Waals surface area (Å²) in [5.74, 6) is 0.591. The second-order valence-electron chi connectivity index (χ2n) is 4.74. The van der Waals surface area contributed by atoms with E-state index >= 15 is 0 Å². The van der Waals surface area contributed by atoms with Crippen LogP contribution >= 0.6 is 0 Å². The Hall–Kier alpha value is -1.15. The minimum atomic E-state index is -0.174. The number of hydrogen-bond acceptors (Lipinski definition) is 1. The van der Waals surface area contributed by atoms with Gasteiger partial charge >= 0.3 is 0 Å². The van der Waals surface area contributed by atoms with Crippen LogP contribution in [0.25, 0.3) is 10.9 Å². The molecule has 1 aromatic heterocycles. The van der Waals surface area contributed by atoms with Crippen molar-refractivity contribution in [1.29, 1.82) is 0 Å². The lowest BCUT2D eigenvalue weighted by atomic mass is 10.1. The van der Waals surface area contributed by atoms with Gasteiger partial charge in [0.25, 0.3) is 0 Å². The van der Waals surface area contributed by atoms with Gasteiger partial charge in [0.05, 0.1) is 5.52 Å². The number of hydrogen-bond donors (Lipinski definition) is 0. The summed E-state index contributed by atoms with van der Waals surface area (Å²) in [4.78, 5) is 4.74. The Bertz CT molecular complexity index is 479. The van der Waals surface area contributed by atoms with Gasteiger partial charge in [-0.1, -0.05) is 50.3 Å². The molecule has 1 atom stereocenters. The topological polar surface area (TPSA) is 12.9 Å². The van der Waals surface area contributed by atoms with E-state index in [0.29, 0.717) is 5.92 Å². The molecular weight excluding hydrogens is 210 g/mol. The van der Waals surface area contributed by atoms with Gasteiger partial charge < -0.3 is 0 Å². The highest BCUT2D eigenvalue weighted by Crippen LogP contribution is 2.22. The molecular formula is C14H18NSi. The molecule has 0 saturated heterocycles. The number of fused-ring (bicyclic) bond motifs is 1. The van der Waals surface area contributed by atoms with Crippen LogP contribution in [0.5, 0.6) is 0 Å². The van der Waals surface area contributed by atoms with Gasteiger partial charge in [-0.15, -0.1) is 0 Å². The van der Waals surface area contributed by atoms with Crippen molar-refractivity contribution in [3.63, 3.8) is 0 Å². The zero-order valence-electron chi connectivity index (χ0n) is 10.2. The van der Waals surface area contributed by atoms with E-state index < -0.39 is 0 Å². The average Bonchev–Trinajstić information content (AvgIpc) is 2.27. The summed E-state index contributed by atoms with van der Waals surface area (Å²) in [6, 6.07) is 14.0. The molecule has 0 aliphatic heterocycles. The van der Waals surface area contributed by atoms with Crippen molar-refractivity contribution >= 4 is 19.7 Å². The standard InChI is InChI=1S/C14H18NSi/c1-11(10-16(2)3)13-9-8-12-6-4-5-7-14(12)15-13/h4-9,11H,10H2,1-3H3. The van der Waals surface area contributed by atoms with Crippen LogP contribution in [0.3, 0.4) is 0 Å². The normalized spacial score (nSPS) is 13.2. The quantitative estimate of drug-likeness (QED) is 0.721. The van der Waals surface area contributed by atoms with Crippen LogP contribution in [0.4, 0.5) is 0 Å². The maximum absolute atomic E-state index is 4.74. The van der Waals surface area contributed by atoms with Crippen molar-refractivity contribution in [3.05, 3.63) is 42.1 Å². The Morgan fingerprint density at radius 3 is 2.62 bits per heavy atom. The van der Waals surface area contributed by atoms with Crippen molar-refractivity contribution in [1.82, 2.24) is 4.98 Å². The molecule has 0 aliphatic rings. The number of rotatable bonds is 3. The van der Waals surface area contributed by atoms with Crippen LogP contribution < -0.4 is 0 Å². The monoisotopic (exact) mass is 228 g/mol. The average molecular weight is 228 g/mol. The van der Waals surface area contributed by atoms with Crippen molar-refractivity contribution in [2.24, 2.45) is 0 Å². The lowest BCUT2D eigenvalue weighted by Crippen LogP contribution is -2.06. The highest BCUT2D eigenvalue weighted by Gasteiger charge is 2.10. The maximum atomic E-state index is 4.74. The van der Waals surface area contributed by atoms with Gasteiger partial charge in [0.2, 0.25) is 0 Å². The van der Waals surface area contributed by atoms with Gasteiger partial charge in [-0.05, 0) is 18.1 Å². The van der Waals surface area contributed by atoms with Crippen LogP contribution in [0.1, 0.15) is 18.5 Å². The molecule has 0 bridgehead atoms. The molecule has 1 aromatic carbocycles. The first-order chi connectivity index (χ1) is 7.66.